The predicted molar refractivity (Wildman–Crippen MR) is 92.7 cm³/mol. The van der Waals surface area contributed by atoms with E-state index >= 15 is 0 Å². The number of aryl methyl sites for hydroxylation is 1. The first-order chi connectivity index (χ1) is 12.4. The average molecular weight is 356 g/mol. The summed E-state index contributed by atoms with van der Waals surface area (Å²) >= 11 is 0. The molecule has 0 bridgehead atoms. The minimum atomic E-state index is -0.907. The lowest BCUT2D eigenvalue weighted by atomic mass is 10.1. The second-order valence-electron chi connectivity index (χ2n) is 5.77. The van der Waals surface area contributed by atoms with Crippen molar-refractivity contribution in [2.24, 2.45) is 0 Å². The molecule has 26 heavy (non-hydrogen) atoms. The van der Waals surface area contributed by atoms with Gasteiger partial charge in [0, 0.05) is 11.3 Å². The minimum absolute atomic E-state index is 0.354. The molecule has 0 spiro atoms. The second kappa shape index (κ2) is 7.00. The molecule has 3 nitrogen and oxygen atoms in total. The largest absolute Gasteiger partial charge is 0.289 e. The fraction of sp³-hybridized carbons (Fsp3) is 0.100. The van der Waals surface area contributed by atoms with Crippen molar-refractivity contribution in [1.29, 1.82) is 0 Å². The molecule has 0 N–H and O–H groups in total. The SMILES string of the molecule is Cc1nn(-c2ccc(F)cc2)c(C)c1/C=C/C(=O)c1c(F)cccc1F. The Morgan fingerprint density at radius 1 is 1.00 bits per heavy atom. The highest BCUT2D eigenvalue weighted by atomic mass is 19.1. The van der Waals surface area contributed by atoms with Gasteiger partial charge >= 0.3 is 0 Å². The number of carbonyl (C=O) groups is 1. The fourth-order valence-electron chi connectivity index (χ4n) is 2.71. The van der Waals surface area contributed by atoms with Crippen molar-refractivity contribution in [3.05, 3.63) is 88.5 Å². The van der Waals surface area contributed by atoms with Crippen molar-refractivity contribution in [2.75, 3.05) is 0 Å². The van der Waals surface area contributed by atoms with Crippen LogP contribution >= 0.6 is 0 Å². The molecule has 0 saturated carbocycles. The Kier molecular flexibility index (Phi) is 4.75. The predicted octanol–water partition coefficient (Wildman–Crippen LogP) is 4.80. The lowest BCUT2D eigenvalue weighted by Crippen LogP contribution is -2.02. The van der Waals surface area contributed by atoms with Crippen LogP contribution < -0.4 is 0 Å². The zero-order valence-electron chi connectivity index (χ0n) is 14.1. The van der Waals surface area contributed by atoms with Gasteiger partial charge < -0.3 is 0 Å². The zero-order valence-corrected chi connectivity index (χ0v) is 14.1. The maximum absolute atomic E-state index is 13.7. The van der Waals surface area contributed by atoms with Crippen LogP contribution in [0.15, 0.2) is 48.5 Å². The van der Waals surface area contributed by atoms with Gasteiger partial charge in [0.05, 0.1) is 16.9 Å². The molecule has 0 radical (unpaired) electrons. The van der Waals surface area contributed by atoms with Crippen molar-refractivity contribution in [3.63, 3.8) is 0 Å². The van der Waals surface area contributed by atoms with Crippen LogP contribution in [0.4, 0.5) is 13.2 Å². The molecule has 2 aromatic carbocycles. The Morgan fingerprint density at radius 2 is 1.62 bits per heavy atom. The van der Waals surface area contributed by atoms with Gasteiger partial charge in [0.15, 0.2) is 5.78 Å². The number of aromatic nitrogens is 2. The highest BCUT2D eigenvalue weighted by Gasteiger charge is 2.16. The van der Waals surface area contributed by atoms with E-state index in [-0.39, 0.29) is 5.82 Å². The molecule has 6 heteroatoms. The summed E-state index contributed by atoms with van der Waals surface area (Å²) in [5.41, 5.74) is 2.07. The lowest BCUT2D eigenvalue weighted by molar-refractivity contribution is 0.104. The summed E-state index contributed by atoms with van der Waals surface area (Å²) in [6, 6.07) is 9.09. The van der Waals surface area contributed by atoms with Crippen LogP contribution in [-0.4, -0.2) is 15.6 Å². The number of hydrogen-bond acceptors (Lipinski definition) is 2. The topological polar surface area (TPSA) is 34.9 Å². The molecule has 132 valence electrons. The van der Waals surface area contributed by atoms with Gasteiger partial charge in [-0.1, -0.05) is 6.07 Å². The van der Waals surface area contributed by atoms with Gasteiger partial charge in [-0.2, -0.15) is 5.10 Å². The maximum Gasteiger partial charge on any atom is 0.191 e. The van der Waals surface area contributed by atoms with Gasteiger partial charge in [-0.25, -0.2) is 17.9 Å². The molecule has 1 heterocycles. The summed E-state index contributed by atoms with van der Waals surface area (Å²) in [5, 5.41) is 4.38. The Balaban J connectivity index is 1.94. The van der Waals surface area contributed by atoms with Crippen molar-refractivity contribution >= 4 is 11.9 Å². The van der Waals surface area contributed by atoms with E-state index in [1.54, 1.807) is 30.7 Å². The maximum atomic E-state index is 13.7. The third-order valence-corrected chi connectivity index (χ3v) is 4.03. The minimum Gasteiger partial charge on any atom is -0.289 e. The summed E-state index contributed by atoms with van der Waals surface area (Å²) in [5.74, 6) is -2.94. The molecule has 0 aliphatic heterocycles. The van der Waals surface area contributed by atoms with Gasteiger partial charge in [-0.05, 0) is 62.4 Å². The average Bonchev–Trinajstić information content (AvgIpc) is 2.88. The van der Waals surface area contributed by atoms with Gasteiger partial charge in [0.1, 0.15) is 17.5 Å². The van der Waals surface area contributed by atoms with E-state index in [9.17, 15) is 18.0 Å². The van der Waals surface area contributed by atoms with Crippen molar-refractivity contribution in [1.82, 2.24) is 9.78 Å². The molecule has 0 unspecified atom stereocenters. The highest BCUT2D eigenvalue weighted by molar-refractivity contribution is 6.07. The van der Waals surface area contributed by atoms with E-state index in [2.05, 4.69) is 5.10 Å². The second-order valence-corrected chi connectivity index (χ2v) is 5.77. The number of ketones is 1. The number of carbonyl (C=O) groups excluding carboxylic acids is 1. The Bertz CT molecular complexity index is 984. The molecule has 0 amide bonds. The number of nitrogens with zero attached hydrogens (tertiary/aromatic N) is 2. The molecular weight excluding hydrogens is 341 g/mol. The van der Waals surface area contributed by atoms with Gasteiger partial charge in [-0.3, -0.25) is 4.79 Å². The standard InChI is InChI=1S/C20H15F3N2O/c1-12-16(10-11-19(26)20-17(22)4-3-5-18(20)23)13(2)25(24-12)15-8-6-14(21)7-9-15/h3-11H,1-2H3/b11-10+. The van der Waals surface area contributed by atoms with Gasteiger partial charge in [0.2, 0.25) is 0 Å². The molecule has 0 saturated heterocycles. The first-order valence-electron chi connectivity index (χ1n) is 7.87. The molecule has 1 aromatic heterocycles. The van der Waals surface area contributed by atoms with E-state index in [1.807, 2.05) is 0 Å². The summed E-state index contributed by atoms with van der Waals surface area (Å²) in [4.78, 5) is 12.2. The van der Waals surface area contributed by atoms with E-state index < -0.39 is 23.0 Å². The Morgan fingerprint density at radius 3 is 2.23 bits per heavy atom. The van der Waals surface area contributed by atoms with Crippen LogP contribution in [0.1, 0.15) is 27.3 Å². The quantitative estimate of drug-likeness (QED) is 0.497. The monoisotopic (exact) mass is 356 g/mol. The fourth-order valence-corrected chi connectivity index (χ4v) is 2.71. The number of hydrogen-bond donors (Lipinski definition) is 0. The van der Waals surface area contributed by atoms with E-state index in [0.29, 0.717) is 22.6 Å². The number of benzene rings is 2. The van der Waals surface area contributed by atoms with E-state index in [1.165, 1.54) is 24.3 Å². The first-order valence-corrected chi connectivity index (χ1v) is 7.87. The molecule has 0 atom stereocenters. The Hall–Kier alpha value is -3.15. The van der Waals surface area contributed by atoms with E-state index in [0.717, 1.165) is 18.2 Å². The summed E-state index contributed by atoms with van der Waals surface area (Å²) < 4.78 is 42.1. The van der Waals surface area contributed by atoms with E-state index in [4.69, 9.17) is 0 Å². The normalized spacial score (nSPS) is 11.3. The molecule has 0 aliphatic rings. The smallest absolute Gasteiger partial charge is 0.191 e. The van der Waals surface area contributed by atoms with Crippen LogP contribution in [0.3, 0.4) is 0 Å². The van der Waals surface area contributed by atoms with Gasteiger partial charge in [-0.15, -0.1) is 0 Å². The third kappa shape index (κ3) is 3.31. The van der Waals surface area contributed by atoms with Crippen molar-refractivity contribution in [3.8, 4) is 5.69 Å². The van der Waals surface area contributed by atoms with Crippen LogP contribution in [0, 0.1) is 31.3 Å². The number of halogens is 3. The first kappa shape index (κ1) is 17.7. The molecular formula is C20H15F3N2O. The molecule has 3 aromatic rings. The van der Waals surface area contributed by atoms with Crippen LogP contribution in [0.5, 0.6) is 0 Å². The summed E-state index contributed by atoms with van der Waals surface area (Å²) in [7, 11) is 0. The summed E-state index contributed by atoms with van der Waals surface area (Å²) in [6.45, 7) is 3.54. The Labute approximate surface area is 148 Å². The highest BCUT2D eigenvalue weighted by Crippen LogP contribution is 2.20. The number of allylic oxidation sites excluding steroid dienone is 1. The van der Waals surface area contributed by atoms with Crippen LogP contribution in [0.2, 0.25) is 0 Å². The molecule has 0 fully saturated rings. The van der Waals surface area contributed by atoms with Gasteiger partial charge in [0.25, 0.3) is 0 Å². The zero-order chi connectivity index (χ0) is 18.8. The third-order valence-electron chi connectivity index (χ3n) is 4.03. The van der Waals surface area contributed by atoms with Crippen molar-refractivity contribution < 1.29 is 18.0 Å². The van der Waals surface area contributed by atoms with Crippen molar-refractivity contribution in [2.45, 2.75) is 13.8 Å². The number of rotatable bonds is 4. The lowest BCUT2D eigenvalue weighted by Gasteiger charge is -2.04. The summed E-state index contributed by atoms with van der Waals surface area (Å²) in [6.07, 6.45) is 2.60. The molecule has 3 rings (SSSR count). The van der Waals surface area contributed by atoms with Crippen LogP contribution in [-0.2, 0) is 0 Å². The molecule has 0 aliphatic carbocycles. The van der Waals surface area contributed by atoms with Crippen LogP contribution in [0.25, 0.3) is 11.8 Å².